The quantitative estimate of drug-likeness (QED) is 0.714. The van der Waals surface area contributed by atoms with Crippen LogP contribution in [0.5, 0.6) is 0 Å². The van der Waals surface area contributed by atoms with E-state index in [1.54, 1.807) is 4.90 Å². The van der Waals surface area contributed by atoms with Crippen molar-refractivity contribution >= 4 is 11.9 Å². The number of amides is 1. The molecule has 1 amide bonds. The van der Waals surface area contributed by atoms with E-state index in [1.807, 2.05) is 6.92 Å². The minimum Gasteiger partial charge on any atom is -0.480 e. The smallest absolute Gasteiger partial charge is 0.329 e. The Labute approximate surface area is 113 Å². The van der Waals surface area contributed by atoms with Crippen molar-refractivity contribution in [2.24, 2.45) is 5.92 Å². The summed E-state index contributed by atoms with van der Waals surface area (Å²) in [5.41, 5.74) is -0.483. The van der Waals surface area contributed by atoms with Gasteiger partial charge in [0.25, 0.3) is 0 Å². The fourth-order valence-corrected chi connectivity index (χ4v) is 2.71. The molecular weight excluding hydrogens is 248 g/mol. The summed E-state index contributed by atoms with van der Waals surface area (Å²) in [6, 6.07) is 0. The first kappa shape index (κ1) is 14.3. The summed E-state index contributed by atoms with van der Waals surface area (Å²) in [4.78, 5) is 24.1. The molecule has 0 radical (unpaired) electrons. The molecule has 1 unspecified atom stereocenters. The molecule has 6 nitrogen and oxygen atoms in total. The van der Waals surface area contributed by atoms with Gasteiger partial charge in [0.1, 0.15) is 12.2 Å². The number of carboxylic acids is 1. The van der Waals surface area contributed by atoms with E-state index in [0.717, 1.165) is 25.9 Å². The predicted molar refractivity (Wildman–Crippen MR) is 68.8 cm³/mol. The zero-order valence-corrected chi connectivity index (χ0v) is 11.4. The van der Waals surface area contributed by atoms with Crippen LogP contribution in [0.15, 0.2) is 0 Å². The highest BCUT2D eigenvalue weighted by Gasteiger charge is 2.42. The molecule has 2 fully saturated rings. The zero-order valence-electron chi connectivity index (χ0n) is 11.4. The van der Waals surface area contributed by atoms with Gasteiger partial charge in [-0.05, 0) is 38.8 Å². The third kappa shape index (κ3) is 3.91. The average molecular weight is 270 g/mol. The Balaban J connectivity index is 1.64. The summed E-state index contributed by atoms with van der Waals surface area (Å²) in [7, 11) is 0. The first-order chi connectivity index (χ1) is 8.98. The van der Waals surface area contributed by atoms with Crippen LogP contribution >= 0.6 is 0 Å². The minimum atomic E-state index is -0.972. The zero-order chi connectivity index (χ0) is 13.9. The molecule has 0 aromatic rings. The van der Waals surface area contributed by atoms with Gasteiger partial charge in [0, 0.05) is 6.42 Å². The van der Waals surface area contributed by atoms with E-state index in [2.05, 4.69) is 5.32 Å². The number of nitrogens with one attached hydrogen (secondary N) is 1. The monoisotopic (exact) mass is 270 g/mol. The molecule has 0 aromatic heterocycles. The fraction of sp³-hybridized carbons (Fsp3) is 0.846. The van der Waals surface area contributed by atoms with Gasteiger partial charge < -0.3 is 20.1 Å². The molecule has 0 saturated carbocycles. The number of likely N-dealkylation sites (tertiary alicyclic amines) is 1. The number of hydrogen-bond acceptors (Lipinski definition) is 4. The highest BCUT2D eigenvalue weighted by atomic mass is 16.5. The summed E-state index contributed by atoms with van der Waals surface area (Å²) in [6.07, 6.45) is 2.68. The maximum Gasteiger partial charge on any atom is 0.329 e. The second-order valence-corrected chi connectivity index (χ2v) is 5.78. The van der Waals surface area contributed by atoms with Crippen LogP contribution in [-0.2, 0) is 14.3 Å². The average Bonchev–Trinajstić information content (AvgIpc) is 2.83. The molecule has 2 aliphatic heterocycles. The molecule has 6 heteroatoms. The van der Waals surface area contributed by atoms with Gasteiger partial charge in [0.15, 0.2) is 0 Å². The van der Waals surface area contributed by atoms with E-state index < -0.39 is 11.6 Å². The number of carbonyl (C=O) groups excluding carboxylic acids is 1. The Morgan fingerprint density at radius 1 is 1.47 bits per heavy atom. The molecule has 2 N–H and O–H groups in total. The van der Waals surface area contributed by atoms with Gasteiger partial charge in [-0.3, -0.25) is 4.79 Å². The summed E-state index contributed by atoms with van der Waals surface area (Å²) >= 11 is 0. The van der Waals surface area contributed by atoms with Crippen LogP contribution in [0.4, 0.5) is 0 Å². The van der Waals surface area contributed by atoms with Gasteiger partial charge in [0.2, 0.25) is 5.91 Å². The lowest BCUT2D eigenvalue weighted by atomic mass is 9.94. The van der Waals surface area contributed by atoms with Crippen LogP contribution in [0.1, 0.15) is 26.2 Å². The summed E-state index contributed by atoms with van der Waals surface area (Å²) in [6.45, 7) is 4.63. The summed E-state index contributed by atoms with van der Waals surface area (Å²) in [5.74, 6) is -0.192. The van der Waals surface area contributed by atoms with Crippen molar-refractivity contribution in [1.29, 1.82) is 0 Å². The third-order valence-electron chi connectivity index (χ3n) is 3.88. The molecule has 0 aromatic carbocycles. The van der Waals surface area contributed by atoms with Crippen molar-refractivity contribution in [2.75, 3.05) is 32.8 Å². The van der Waals surface area contributed by atoms with E-state index in [-0.39, 0.29) is 12.5 Å². The number of carbonyl (C=O) groups is 2. The van der Waals surface area contributed by atoms with Crippen molar-refractivity contribution < 1.29 is 19.4 Å². The van der Waals surface area contributed by atoms with Crippen molar-refractivity contribution in [2.45, 2.75) is 31.8 Å². The van der Waals surface area contributed by atoms with E-state index in [1.165, 1.54) is 0 Å². The number of ether oxygens (including phenoxy) is 1. The first-order valence-corrected chi connectivity index (χ1v) is 6.83. The van der Waals surface area contributed by atoms with Gasteiger partial charge >= 0.3 is 5.97 Å². The Kier molecular flexibility index (Phi) is 4.42. The Morgan fingerprint density at radius 2 is 2.21 bits per heavy atom. The van der Waals surface area contributed by atoms with E-state index in [0.29, 0.717) is 25.4 Å². The maximum atomic E-state index is 11.9. The van der Waals surface area contributed by atoms with Gasteiger partial charge in [-0.2, -0.15) is 0 Å². The van der Waals surface area contributed by atoms with Crippen LogP contribution in [0.2, 0.25) is 0 Å². The van der Waals surface area contributed by atoms with Gasteiger partial charge in [-0.25, -0.2) is 4.79 Å². The molecule has 2 heterocycles. The first-order valence-electron chi connectivity index (χ1n) is 6.83. The number of rotatable bonds is 6. The Hall–Kier alpha value is -1.14. The van der Waals surface area contributed by atoms with Crippen LogP contribution in [-0.4, -0.2) is 60.3 Å². The van der Waals surface area contributed by atoms with Gasteiger partial charge in [0.05, 0.1) is 13.1 Å². The minimum absolute atomic E-state index is 0.156. The normalized spacial score (nSPS) is 25.1. The number of hydrogen-bond donors (Lipinski definition) is 2. The summed E-state index contributed by atoms with van der Waals surface area (Å²) < 4.78 is 5.28. The van der Waals surface area contributed by atoms with Crippen molar-refractivity contribution in [3.05, 3.63) is 0 Å². The van der Waals surface area contributed by atoms with E-state index >= 15 is 0 Å². The highest BCUT2D eigenvalue weighted by Crippen LogP contribution is 2.26. The molecule has 19 heavy (non-hydrogen) atoms. The lowest BCUT2D eigenvalue weighted by Gasteiger charge is -2.47. The van der Waals surface area contributed by atoms with Crippen LogP contribution in [0, 0.1) is 5.92 Å². The predicted octanol–water partition coefficient (Wildman–Crippen LogP) is 0.0782. The van der Waals surface area contributed by atoms with Crippen molar-refractivity contribution in [3.8, 4) is 0 Å². The molecule has 2 rings (SSSR count). The number of aliphatic carboxylic acids is 1. The molecule has 108 valence electrons. The van der Waals surface area contributed by atoms with Crippen molar-refractivity contribution in [3.63, 3.8) is 0 Å². The van der Waals surface area contributed by atoms with Gasteiger partial charge in [-0.1, -0.05) is 0 Å². The molecule has 1 atom stereocenters. The third-order valence-corrected chi connectivity index (χ3v) is 3.88. The summed E-state index contributed by atoms with van der Waals surface area (Å²) in [5, 5.41) is 11.9. The number of nitrogens with zero attached hydrogens (tertiary/aromatic N) is 1. The molecule has 2 aliphatic rings. The van der Waals surface area contributed by atoms with Crippen LogP contribution < -0.4 is 5.32 Å². The van der Waals surface area contributed by atoms with Crippen LogP contribution in [0.3, 0.4) is 0 Å². The Bertz CT molecular complexity index is 347. The lowest BCUT2D eigenvalue weighted by molar-refractivity contribution is -0.173. The second-order valence-electron chi connectivity index (χ2n) is 5.78. The number of carboxylic acid groups (broad SMARTS) is 1. The molecule has 0 spiro atoms. The highest BCUT2D eigenvalue weighted by molar-refractivity contribution is 5.77. The second kappa shape index (κ2) is 5.88. The molecule has 0 bridgehead atoms. The largest absolute Gasteiger partial charge is 0.480 e. The van der Waals surface area contributed by atoms with Gasteiger partial charge in [-0.15, -0.1) is 0 Å². The SMILES string of the molecule is CC1(OCC(=O)O)CN(C(=O)CCC2CCNC2)C1. The Morgan fingerprint density at radius 3 is 2.79 bits per heavy atom. The molecular formula is C13H22N2O4. The van der Waals surface area contributed by atoms with E-state index in [9.17, 15) is 9.59 Å². The van der Waals surface area contributed by atoms with Crippen molar-refractivity contribution in [1.82, 2.24) is 10.2 Å². The molecule has 0 aliphatic carbocycles. The topological polar surface area (TPSA) is 78.9 Å². The van der Waals surface area contributed by atoms with Crippen LogP contribution in [0.25, 0.3) is 0 Å². The fourth-order valence-electron chi connectivity index (χ4n) is 2.71. The maximum absolute atomic E-state index is 11.9. The standard InChI is InChI=1S/C13H22N2O4/c1-13(19-7-12(17)18)8-15(9-13)11(16)3-2-10-4-5-14-6-10/h10,14H,2-9H2,1H3,(H,17,18). The molecule has 2 saturated heterocycles. The van der Waals surface area contributed by atoms with E-state index in [4.69, 9.17) is 9.84 Å². The lowest BCUT2D eigenvalue weighted by Crippen LogP contribution is -2.63.